The van der Waals surface area contributed by atoms with E-state index in [1.807, 2.05) is 6.92 Å². The third kappa shape index (κ3) is 7.85. The van der Waals surface area contributed by atoms with Crippen molar-refractivity contribution in [2.45, 2.75) is 33.6 Å². The Bertz CT molecular complexity index is 143. The summed E-state index contributed by atoms with van der Waals surface area (Å²) in [5.41, 5.74) is 1.43. The molecule has 0 aliphatic heterocycles. The van der Waals surface area contributed by atoms with E-state index in [0.717, 1.165) is 32.6 Å². The van der Waals surface area contributed by atoms with Crippen LogP contribution < -0.4 is 0 Å². The van der Waals surface area contributed by atoms with Crippen LogP contribution in [0.15, 0.2) is 11.8 Å². The van der Waals surface area contributed by atoms with Crippen LogP contribution >= 0.6 is 0 Å². The molecule has 2 heteroatoms. The van der Waals surface area contributed by atoms with Crippen molar-refractivity contribution >= 4 is 0 Å². The summed E-state index contributed by atoms with van der Waals surface area (Å²) in [6.07, 6.45) is 4.46. The van der Waals surface area contributed by atoms with Crippen molar-refractivity contribution in [2.75, 3.05) is 26.8 Å². The molecule has 0 aliphatic carbocycles. The van der Waals surface area contributed by atoms with Crippen LogP contribution in [0.5, 0.6) is 0 Å². The van der Waals surface area contributed by atoms with Gasteiger partial charge in [0.05, 0.1) is 0 Å². The number of rotatable bonds is 7. The minimum absolute atomic E-state index is 0.827. The zero-order chi connectivity index (χ0) is 10.1. The molecule has 0 N–H and O–H groups in total. The molecular formula is C11H23NO. The average molecular weight is 185 g/mol. The van der Waals surface area contributed by atoms with Gasteiger partial charge in [-0.25, -0.2) is 0 Å². The summed E-state index contributed by atoms with van der Waals surface area (Å²) in [4.78, 5) is 2.23. The largest absolute Gasteiger partial charge is 0.382 e. The fourth-order valence-electron chi connectivity index (χ4n) is 1.09. The van der Waals surface area contributed by atoms with Crippen molar-refractivity contribution in [2.24, 2.45) is 0 Å². The smallest absolute Gasteiger partial charge is 0.0482 e. The first-order chi connectivity index (χ1) is 6.20. The lowest BCUT2D eigenvalue weighted by Crippen LogP contribution is -2.14. The molecule has 0 aliphatic rings. The van der Waals surface area contributed by atoms with Gasteiger partial charge in [-0.3, -0.25) is 0 Å². The monoisotopic (exact) mass is 185 g/mol. The van der Waals surface area contributed by atoms with Crippen LogP contribution in [0, 0.1) is 0 Å². The molecular weight excluding hydrogens is 162 g/mol. The Hall–Kier alpha value is -0.500. The maximum Gasteiger partial charge on any atom is 0.0482 e. The van der Waals surface area contributed by atoms with Crippen LogP contribution in [0.4, 0.5) is 0 Å². The Labute approximate surface area is 82.6 Å². The van der Waals surface area contributed by atoms with Gasteiger partial charge in [0.2, 0.25) is 0 Å². The van der Waals surface area contributed by atoms with Crippen molar-refractivity contribution in [3.63, 3.8) is 0 Å². The second kappa shape index (κ2) is 8.11. The second-order valence-electron chi connectivity index (χ2n) is 3.36. The first kappa shape index (κ1) is 12.5. The normalized spacial score (nSPS) is 11.8. The lowest BCUT2D eigenvalue weighted by Gasteiger charge is -2.14. The molecule has 78 valence electrons. The van der Waals surface area contributed by atoms with Crippen molar-refractivity contribution in [1.82, 2.24) is 4.90 Å². The minimum Gasteiger partial charge on any atom is -0.382 e. The molecule has 0 saturated carbocycles. The zero-order valence-electron chi connectivity index (χ0n) is 9.47. The van der Waals surface area contributed by atoms with Gasteiger partial charge in [-0.1, -0.05) is 12.5 Å². The van der Waals surface area contributed by atoms with E-state index in [9.17, 15) is 0 Å². The topological polar surface area (TPSA) is 12.5 Å². The van der Waals surface area contributed by atoms with Crippen molar-refractivity contribution < 1.29 is 4.74 Å². The molecule has 0 aromatic heterocycles. The highest BCUT2D eigenvalue weighted by Crippen LogP contribution is 2.00. The highest BCUT2D eigenvalue weighted by molar-refractivity contribution is 4.95. The fraction of sp³-hybridized carbons (Fsp3) is 0.818. The summed E-state index contributed by atoms with van der Waals surface area (Å²) in [7, 11) is 2.12. The minimum atomic E-state index is 0.827. The summed E-state index contributed by atoms with van der Waals surface area (Å²) < 4.78 is 5.27. The van der Waals surface area contributed by atoms with E-state index in [2.05, 4.69) is 32.0 Å². The van der Waals surface area contributed by atoms with E-state index >= 15 is 0 Å². The van der Waals surface area contributed by atoms with Gasteiger partial charge >= 0.3 is 0 Å². The number of ether oxygens (including phenoxy) is 1. The summed E-state index contributed by atoms with van der Waals surface area (Å²) in [6.45, 7) is 9.16. The van der Waals surface area contributed by atoms with Gasteiger partial charge in [0.1, 0.15) is 0 Å². The molecule has 0 atom stereocenters. The predicted octanol–water partition coefficient (Wildman–Crippen LogP) is 2.66. The van der Waals surface area contributed by atoms with Crippen molar-refractivity contribution in [3.8, 4) is 0 Å². The highest BCUT2D eigenvalue weighted by atomic mass is 16.5. The quantitative estimate of drug-likeness (QED) is 0.565. The molecule has 0 unspecified atom stereocenters. The molecule has 0 rings (SSSR count). The van der Waals surface area contributed by atoms with Crippen molar-refractivity contribution in [3.05, 3.63) is 11.8 Å². The third-order valence-corrected chi connectivity index (χ3v) is 2.00. The molecule has 0 saturated heterocycles. The van der Waals surface area contributed by atoms with Crippen molar-refractivity contribution in [1.29, 1.82) is 0 Å². The lowest BCUT2D eigenvalue weighted by molar-refractivity contribution is 0.139. The molecule has 0 fully saturated rings. The number of hydrogen-bond acceptors (Lipinski definition) is 2. The Balaban J connectivity index is 3.45. The number of allylic oxidation sites excluding steroid dienone is 1. The van der Waals surface area contributed by atoms with Crippen LogP contribution in [-0.4, -0.2) is 31.7 Å². The van der Waals surface area contributed by atoms with Crippen LogP contribution in [0.3, 0.4) is 0 Å². The Kier molecular flexibility index (Phi) is 7.80. The molecule has 0 radical (unpaired) electrons. The van der Waals surface area contributed by atoms with Crippen LogP contribution in [0.1, 0.15) is 33.6 Å². The molecule has 0 aromatic carbocycles. The van der Waals surface area contributed by atoms with E-state index in [1.165, 1.54) is 5.57 Å². The Morgan fingerprint density at radius 1 is 1.38 bits per heavy atom. The Morgan fingerprint density at radius 3 is 2.62 bits per heavy atom. The summed E-state index contributed by atoms with van der Waals surface area (Å²) in [5.74, 6) is 0. The second-order valence-corrected chi connectivity index (χ2v) is 3.36. The van der Waals surface area contributed by atoms with Gasteiger partial charge in [0.25, 0.3) is 0 Å². The molecule has 0 heterocycles. The van der Waals surface area contributed by atoms with Crippen LogP contribution in [0.25, 0.3) is 0 Å². The number of hydrogen-bond donors (Lipinski definition) is 0. The maximum atomic E-state index is 5.27. The lowest BCUT2D eigenvalue weighted by atomic mass is 10.2. The molecule has 0 amide bonds. The maximum absolute atomic E-state index is 5.27. The fourth-order valence-corrected chi connectivity index (χ4v) is 1.09. The van der Waals surface area contributed by atoms with E-state index in [-0.39, 0.29) is 0 Å². The van der Waals surface area contributed by atoms with Gasteiger partial charge in [-0.05, 0) is 32.9 Å². The molecule has 2 nitrogen and oxygen atoms in total. The van der Waals surface area contributed by atoms with E-state index < -0.39 is 0 Å². The van der Waals surface area contributed by atoms with E-state index in [1.54, 1.807) is 0 Å². The molecule has 0 spiro atoms. The van der Waals surface area contributed by atoms with Gasteiger partial charge in [0.15, 0.2) is 0 Å². The van der Waals surface area contributed by atoms with Gasteiger partial charge in [-0.2, -0.15) is 0 Å². The van der Waals surface area contributed by atoms with E-state index in [0.29, 0.717) is 0 Å². The predicted molar refractivity (Wildman–Crippen MR) is 57.8 cm³/mol. The summed E-state index contributed by atoms with van der Waals surface area (Å²) >= 11 is 0. The highest BCUT2D eigenvalue weighted by Gasteiger charge is 1.93. The standard InChI is InChI=1S/C11H23NO/c1-5-11(3)10-12(4)8-7-9-13-6-2/h10H,5-9H2,1-4H3/b11-10+. The third-order valence-electron chi connectivity index (χ3n) is 2.00. The zero-order valence-corrected chi connectivity index (χ0v) is 9.47. The first-order valence-corrected chi connectivity index (χ1v) is 5.16. The summed E-state index contributed by atoms with van der Waals surface area (Å²) in [6, 6.07) is 0. The molecule has 0 aromatic rings. The van der Waals surface area contributed by atoms with Crippen LogP contribution in [-0.2, 0) is 4.74 Å². The first-order valence-electron chi connectivity index (χ1n) is 5.16. The van der Waals surface area contributed by atoms with E-state index in [4.69, 9.17) is 4.74 Å². The van der Waals surface area contributed by atoms with Crippen LogP contribution in [0.2, 0.25) is 0 Å². The number of nitrogens with zero attached hydrogens (tertiary/aromatic N) is 1. The average Bonchev–Trinajstić information content (AvgIpc) is 2.12. The Morgan fingerprint density at radius 2 is 2.08 bits per heavy atom. The van der Waals surface area contributed by atoms with Gasteiger partial charge < -0.3 is 9.64 Å². The SMILES string of the molecule is CCOCCCN(C)/C=C(\C)CC. The summed E-state index contributed by atoms with van der Waals surface area (Å²) in [5, 5.41) is 0. The van der Waals surface area contributed by atoms with Gasteiger partial charge in [-0.15, -0.1) is 0 Å². The van der Waals surface area contributed by atoms with Gasteiger partial charge in [0, 0.05) is 26.8 Å². The molecule has 13 heavy (non-hydrogen) atoms. The molecule has 0 bridgehead atoms.